The molecule has 1 atom stereocenters. The third-order valence-corrected chi connectivity index (χ3v) is 3.35. The molecule has 0 saturated carbocycles. The molecule has 1 unspecified atom stereocenters. The molecule has 21 heavy (non-hydrogen) atoms. The van der Waals surface area contributed by atoms with Crippen molar-refractivity contribution in [3.63, 3.8) is 0 Å². The number of methoxy groups -OCH3 is 1. The zero-order valence-corrected chi connectivity index (χ0v) is 13.7. The Morgan fingerprint density at radius 1 is 1.19 bits per heavy atom. The largest absolute Gasteiger partial charge is 0.382 e. The van der Waals surface area contributed by atoms with Gasteiger partial charge in [0.1, 0.15) is 6.10 Å². The van der Waals surface area contributed by atoms with E-state index in [0.717, 1.165) is 6.42 Å². The number of hydrogen-bond donors (Lipinski definition) is 0. The Hall–Kier alpha value is -0.650. The number of halogens is 2. The highest BCUT2D eigenvalue weighted by Gasteiger charge is 2.18. The maximum atomic E-state index is 12.2. The van der Waals surface area contributed by atoms with Crippen molar-refractivity contribution in [1.29, 1.82) is 0 Å². The maximum absolute atomic E-state index is 12.2. The minimum atomic E-state index is -0.553. The summed E-state index contributed by atoms with van der Waals surface area (Å²) in [5, 5.41) is 0.837. The molecule has 0 aliphatic rings. The van der Waals surface area contributed by atoms with Crippen LogP contribution < -0.4 is 0 Å². The minimum absolute atomic E-state index is 0.156. The molecule has 0 aliphatic heterocycles. The molecule has 0 amide bonds. The first-order valence-electron chi connectivity index (χ1n) is 6.73. The van der Waals surface area contributed by atoms with E-state index in [-0.39, 0.29) is 5.78 Å². The van der Waals surface area contributed by atoms with Gasteiger partial charge in [-0.3, -0.25) is 4.79 Å². The van der Waals surface area contributed by atoms with Crippen LogP contribution in [0, 0.1) is 0 Å². The molecule has 0 spiro atoms. The summed E-state index contributed by atoms with van der Waals surface area (Å²) in [4.78, 5) is 12.2. The lowest BCUT2D eigenvalue weighted by Gasteiger charge is -2.13. The zero-order valence-electron chi connectivity index (χ0n) is 12.2. The highest BCUT2D eigenvalue weighted by atomic mass is 35.5. The van der Waals surface area contributed by atoms with Crippen LogP contribution in [0.4, 0.5) is 0 Å². The topological polar surface area (TPSA) is 44.8 Å². The Kier molecular flexibility index (Phi) is 8.88. The van der Waals surface area contributed by atoms with Crippen LogP contribution in [0.3, 0.4) is 0 Å². The number of hydrogen-bond acceptors (Lipinski definition) is 4. The Balaban J connectivity index is 2.31. The standard InChI is InChI=1S/C15H20Cl2O4/c1-11(21-7-3-6-20-9-8-19-2)15(18)13-5-4-12(16)10-14(13)17/h4-5,10-11H,3,6-9H2,1-2H3. The predicted octanol–water partition coefficient (Wildman–Crippen LogP) is 3.63. The second kappa shape index (κ2) is 10.1. The van der Waals surface area contributed by atoms with E-state index in [1.807, 2.05) is 0 Å². The van der Waals surface area contributed by atoms with Gasteiger partial charge in [-0.1, -0.05) is 23.2 Å². The molecule has 6 heteroatoms. The molecular weight excluding hydrogens is 315 g/mol. The van der Waals surface area contributed by atoms with Crippen molar-refractivity contribution in [3.05, 3.63) is 33.8 Å². The van der Waals surface area contributed by atoms with Crippen LogP contribution in [-0.4, -0.2) is 45.4 Å². The van der Waals surface area contributed by atoms with Gasteiger partial charge in [0.15, 0.2) is 5.78 Å². The summed E-state index contributed by atoms with van der Waals surface area (Å²) in [5.41, 5.74) is 0.421. The van der Waals surface area contributed by atoms with E-state index in [2.05, 4.69) is 0 Å². The van der Waals surface area contributed by atoms with Gasteiger partial charge < -0.3 is 14.2 Å². The number of rotatable bonds is 10. The van der Waals surface area contributed by atoms with Crippen LogP contribution in [0.2, 0.25) is 10.0 Å². The fourth-order valence-electron chi connectivity index (χ4n) is 1.65. The van der Waals surface area contributed by atoms with E-state index in [0.29, 0.717) is 42.0 Å². The van der Waals surface area contributed by atoms with Gasteiger partial charge in [-0.15, -0.1) is 0 Å². The molecular formula is C15H20Cl2O4. The summed E-state index contributed by atoms with van der Waals surface area (Å²) in [6.07, 6.45) is 0.165. The molecule has 0 aromatic heterocycles. The first-order valence-corrected chi connectivity index (χ1v) is 7.49. The van der Waals surface area contributed by atoms with Crippen LogP contribution in [0.15, 0.2) is 18.2 Å². The lowest BCUT2D eigenvalue weighted by Crippen LogP contribution is -2.22. The van der Waals surface area contributed by atoms with Gasteiger partial charge in [0.2, 0.25) is 0 Å². The van der Waals surface area contributed by atoms with Crippen molar-refractivity contribution in [2.45, 2.75) is 19.4 Å². The molecule has 118 valence electrons. The van der Waals surface area contributed by atoms with E-state index >= 15 is 0 Å². The van der Waals surface area contributed by atoms with Crippen molar-refractivity contribution < 1.29 is 19.0 Å². The van der Waals surface area contributed by atoms with Crippen LogP contribution in [-0.2, 0) is 14.2 Å². The highest BCUT2D eigenvalue weighted by Crippen LogP contribution is 2.22. The molecule has 4 nitrogen and oxygen atoms in total. The van der Waals surface area contributed by atoms with E-state index in [1.165, 1.54) is 0 Å². The van der Waals surface area contributed by atoms with Crippen molar-refractivity contribution in [2.75, 3.05) is 33.5 Å². The van der Waals surface area contributed by atoms with Gasteiger partial charge in [-0.05, 0) is 31.5 Å². The van der Waals surface area contributed by atoms with Crippen molar-refractivity contribution in [2.24, 2.45) is 0 Å². The van der Waals surface area contributed by atoms with Gasteiger partial charge in [0.05, 0.1) is 18.2 Å². The molecule has 1 aromatic carbocycles. The Morgan fingerprint density at radius 2 is 1.95 bits per heavy atom. The number of carbonyl (C=O) groups is 1. The van der Waals surface area contributed by atoms with Crippen molar-refractivity contribution in [1.82, 2.24) is 0 Å². The van der Waals surface area contributed by atoms with E-state index in [9.17, 15) is 4.79 Å². The number of benzene rings is 1. The van der Waals surface area contributed by atoms with Crippen LogP contribution >= 0.6 is 23.2 Å². The number of Topliss-reactive ketones (excluding diaryl/α,β-unsaturated/α-hetero) is 1. The maximum Gasteiger partial charge on any atom is 0.192 e. The number of carbonyl (C=O) groups excluding carboxylic acids is 1. The molecule has 0 aliphatic carbocycles. The van der Waals surface area contributed by atoms with Crippen LogP contribution in [0.5, 0.6) is 0 Å². The predicted molar refractivity (Wildman–Crippen MR) is 83.5 cm³/mol. The van der Waals surface area contributed by atoms with Gasteiger partial charge in [0, 0.05) is 30.9 Å². The summed E-state index contributed by atoms with van der Waals surface area (Å²) in [6, 6.07) is 4.80. The molecule has 1 aromatic rings. The normalized spacial score (nSPS) is 12.4. The molecule has 0 fully saturated rings. The smallest absolute Gasteiger partial charge is 0.192 e. The fourth-order valence-corrected chi connectivity index (χ4v) is 2.15. The minimum Gasteiger partial charge on any atom is -0.382 e. The molecule has 0 bridgehead atoms. The molecule has 0 heterocycles. The Morgan fingerprint density at radius 3 is 2.62 bits per heavy atom. The van der Waals surface area contributed by atoms with Crippen molar-refractivity contribution in [3.8, 4) is 0 Å². The van der Waals surface area contributed by atoms with E-state index in [1.54, 1.807) is 32.2 Å². The second-order valence-electron chi connectivity index (χ2n) is 4.46. The van der Waals surface area contributed by atoms with E-state index in [4.69, 9.17) is 37.4 Å². The summed E-state index contributed by atoms with van der Waals surface area (Å²) < 4.78 is 15.7. The summed E-state index contributed by atoms with van der Waals surface area (Å²) in [7, 11) is 1.63. The molecule has 0 radical (unpaired) electrons. The summed E-state index contributed by atoms with van der Waals surface area (Å²) in [5.74, 6) is -0.156. The lowest BCUT2D eigenvalue weighted by atomic mass is 10.1. The lowest BCUT2D eigenvalue weighted by molar-refractivity contribution is 0.0286. The molecule has 0 N–H and O–H groups in total. The van der Waals surface area contributed by atoms with Gasteiger partial charge in [-0.25, -0.2) is 0 Å². The highest BCUT2D eigenvalue weighted by molar-refractivity contribution is 6.37. The van der Waals surface area contributed by atoms with Crippen LogP contribution in [0.1, 0.15) is 23.7 Å². The van der Waals surface area contributed by atoms with Gasteiger partial charge >= 0.3 is 0 Å². The SMILES string of the molecule is COCCOCCCOC(C)C(=O)c1ccc(Cl)cc1Cl. The fraction of sp³-hybridized carbons (Fsp3) is 0.533. The summed E-state index contributed by atoms with van der Waals surface area (Å²) in [6.45, 7) is 3.87. The Bertz CT molecular complexity index is 451. The van der Waals surface area contributed by atoms with Gasteiger partial charge in [-0.2, -0.15) is 0 Å². The number of ether oxygens (including phenoxy) is 3. The average molecular weight is 335 g/mol. The zero-order chi connectivity index (χ0) is 15.7. The summed E-state index contributed by atoms with van der Waals surface area (Å²) >= 11 is 11.8. The molecule has 1 rings (SSSR count). The van der Waals surface area contributed by atoms with E-state index < -0.39 is 6.10 Å². The Labute approximate surface area is 135 Å². The second-order valence-corrected chi connectivity index (χ2v) is 5.30. The first-order chi connectivity index (χ1) is 10.1. The average Bonchev–Trinajstić information content (AvgIpc) is 2.45. The van der Waals surface area contributed by atoms with Crippen molar-refractivity contribution >= 4 is 29.0 Å². The third-order valence-electron chi connectivity index (χ3n) is 2.80. The monoisotopic (exact) mass is 334 g/mol. The third kappa shape index (κ3) is 6.76. The number of ketones is 1. The quantitative estimate of drug-likeness (QED) is 0.484. The van der Waals surface area contributed by atoms with Gasteiger partial charge in [0.25, 0.3) is 0 Å². The molecule has 0 saturated heterocycles. The van der Waals surface area contributed by atoms with Crippen LogP contribution in [0.25, 0.3) is 0 Å². The first kappa shape index (κ1) is 18.4.